The van der Waals surface area contributed by atoms with Crippen LogP contribution in [0.1, 0.15) is 124 Å². The Bertz CT molecular complexity index is 4690. The predicted molar refractivity (Wildman–Crippen MR) is 368 cm³/mol. The lowest BCUT2D eigenvalue weighted by Crippen LogP contribution is -2.18. The van der Waals surface area contributed by atoms with E-state index in [9.17, 15) is 0 Å². The minimum Gasteiger partial charge on any atom is -0.307 e. The van der Waals surface area contributed by atoms with E-state index >= 15 is 0 Å². The van der Waals surface area contributed by atoms with E-state index in [0.29, 0.717) is 0 Å². The molecule has 0 saturated heterocycles. The van der Waals surface area contributed by atoms with Gasteiger partial charge in [0.05, 0.1) is 44.8 Å². The van der Waals surface area contributed by atoms with Crippen molar-refractivity contribution in [3.05, 3.63) is 251 Å². The highest BCUT2D eigenvalue weighted by Crippen LogP contribution is 2.55. The molecule has 2 aliphatic carbocycles. The fourth-order valence-corrected chi connectivity index (χ4v) is 15.8. The van der Waals surface area contributed by atoms with Gasteiger partial charge >= 0.3 is 0 Å². The van der Waals surface area contributed by atoms with Gasteiger partial charge in [-0.2, -0.15) is 0 Å². The second kappa shape index (κ2) is 20.8. The summed E-state index contributed by atoms with van der Waals surface area (Å²) in [4.78, 5) is 5.45. The van der Waals surface area contributed by atoms with Gasteiger partial charge in [0.25, 0.3) is 0 Å². The summed E-state index contributed by atoms with van der Waals surface area (Å²) in [5.41, 5.74) is 26.0. The van der Waals surface area contributed by atoms with Gasteiger partial charge in [-0.05, 0) is 215 Å². The van der Waals surface area contributed by atoms with E-state index in [1.165, 1.54) is 192 Å². The fraction of sp³-hybridized carbons (Fsp3) is 0.220. The van der Waals surface area contributed by atoms with Crippen LogP contribution in [0, 0.1) is 0 Å². The molecule has 0 amide bonds. The number of rotatable bonds is 12. The summed E-state index contributed by atoms with van der Waals surface area (Å²) in [5.74, 6) is 0.483. The average Bonchev–Trinajstić information content (AvgIpc) is 0.973. The molecule has 0 radical (unpaired) electrons. The van der Waals surface area contributed by atoms with Gasteiger partial charge in [-0.15, -0.1) is 0 Å². The van der Waals surface area contributed by atoms with Gasteiger partial charge in [0.2, 0.25) is 0 Å². The molecule has 0 spiro atoms. The number of fused-ring (bicyclic) bond motifs is 8. The zero-order chi connectivity index (χ0) is 57.9. The van der Waals surface area contributed by atoms with Gasteiger partial charge in [0.1, 0.15) is 0 Å². The van der Waals surface area contributed by atoms with E-state index in [0.717, 1.165) is 38.5 Å². The van der Waals surface area contributed by atoms with Crippen LogP contribution < -0.4 is 9.80 Å². The van der Waals surface area contributed by atoms with E-state index in [-0.39, 0.29) is 11.8 Å². The molecule has 12 aromatic carbocycles. The third-order valence-electron chi connectivity index (χ3n) is 19.9. The molecule has 0 aliphatic heterocycles. The molecule has 0 fully saturated rings. The second-order valence-electron chi connectivity index (χ2n) is 25.4. The van der Waals surface area contributed by atoms with Gasteiger partial charge in [0.15, 0.2) is 0 Å². The normalized spacial score (nSPS) is 13.6. The molecular weight excluding hydrogens is 1040 g/mol. The van der Waals surface area contributed by atoms with Crippen molar-refractivity contribution in [2.75, 3.05) is 9.80 Å². The van der Waals surface area contributed by atoms with E-state index < -0.39 is 0 Å². The highest BCUT2D eigenvalue weighted by Gasteiger charge is 2.32. The maximum Gasteiger partial charge on any atom is 0.0782 e. The molecule has 2 heterocycles. The summed E-state index contributed by atoms with van der Waals surface area (Å²) in [6.07, 6.45) is 11.1. The van der Waals surface area contributed by atoms with Crippen molar-refractivity contribution in [2.24, 2.45) is 0 Å². The molecule has 2 aliphatic rings. The van der Waals surface area contributed by atoms with E-state index in [2.05, 4.69) is 267 Å². The van der Waals surface area contributed by atoms with E-state index in [4.69, 9.17) is 0 Å². The second-order valence-corrected chi connectivity index (χ2v) is 25.4. The van der Waals surface area contributed by atoms with Crippen molar-refractivity contribution in [1.82, 2.24) is 9.13 Å². The Morgan fingerprint density at radius 3 is 1.16 bits per heavy atom. The number of aromatic nitrogens is 2. The minimum atomic E-state index is 0.242. The Hall–Kier alpha value is -9.12. The zero-order valence-electron chi connectivity index (χ0n) is 50.6. The number of benzene rings is 12. The standard InChI is InChI=1S/C82H74N4/c1-7-53-23-17-29-57(47-53)83-73-37-15-13-33-61(73)65-35-21-41-75(81(65)83)85(71-39-19-27-55-25-9-11-31-59(55)71)77-49-69(51(3)4)63-44-46-68-78(50-70(52(5)6)64-43-45-67(77)79(63)80(64)68)86(72-40-20-28-56-26-10-12-32-60(56)72)76-42-22-36-66-62-34-14-16-38-74(62)84(82(66)76)58-30-18-24-54(8-2)48-58/h13-24,27-30,33-52H,7-12,25-26,31-32H2,1-6H3. The van der Waals surface area contributed by atoms with Crippen molar-refractivity contribution >= 4 is 110 Å². The number of aryl methyl sites for hydroxylation is 4. The summed E-state index contributed by atoms with van der Waals surface area (Å²) >= 11 is 0. The Morgan fingerprint density at radius 2 is 0.721 bits per heavy atom. The number of anilines is 6. The average molecular weight is 1120 g/mol. The lowest BCUT2D eigenvalue weighted by atomic mass is 9.83. The van der Waals surface area contributed by atoms with Crippen LogP contribution in [0.3, 0.4) is 0 Å². The number of para-hydroxylation sites is 4. The first kappa shape index (κ1) is 52.4. The molecule has 422 valence electrons. The number of hydrogen-bond donors (Lipinski definition) is 0. The molecule has 16 rings (SSSR count). The first-order valence-electron chi connectivity index (χ1n) is 32.1. The van der Waals surface area contributed by atoms with Crippen molar-refractivity contribution in [3.8, 4) is 11.4 Å². The monoisotopic (exact) mass is 1110 g/mol. The predicted octanol–water partition coefficient (Wildman–Crippen LogP) is 22.8. The molecule has 2 aromatic heterocycles. The van der Waals surface area contributed by atoms with Gasteiger partial charge in [0, 0.05) is 55.1 Å². The van der Waals surface area contributed by atoms with Gasteiger partial charge in [-0.3, -0.25) is 0 Å². The molecule has 0 N–H and O–H groups in total. The maximum absolute atomic E-state index is 2.73. The summed E-state index contributed by atoms with van der Waals surface area (Å²) in [6, 6.07) is 80.4. The quantitative estimate of drug-likeness (QED) is 0.113. The smallest absolute Gasteiger partial charge is 0.0782 e. The van der Waals surface area contributed by atoms with Gasteiger partial charge < -0.3 is 18.9 Å². The van der Waals surface area contributed by atoms with Crippen molar-refractivity contribution in [2.45, 2.75) is 118 Å². The lowest BCUT2D eigenvalue weighted by Gasteiger charge is -2.34. The summed E-state index contributed by atoms with van der Waals surface area (Å²) in [5, 5.41) is 13.0. The highest BCUT2D eigenvalue weighted by atomic mass is 15.2. The Morgan fingerprint density at radius 1 is 0.337 bits per heavy atom. The van der Waals surface area contributed by atoms with Crippen LogP contribution in [-0.4, -0.2) is 9.13 Å². The first-order chi connectivity index (χ1) is 42.3. The van der Waals surface area contributed by atoms with Crippen molar-refractivity contribution < 1.29 is 0 Å². The van der Waals surface area contributed by atoms with Crippen LogP contribution >= 0.6 is 0 Å². The number of hydrogen-bond acceptors (Lipinski definition) is 2. The van der Waals surface area contributed by atoms with Crippen molar-refractivity contribution in [1.29, 1.82) is 0 Å². The third kappa shape index (κ3) is 8.08. The Labute approximate surface area is 505 Å². The van der Waals surface area contributed by atoms with E-state index in [1.54, 1.807) is 0 Å². The van der Waals surface area contributed by atoms with Crippen LogP contribution in [0.2, 0.25) is 0 Å². The maximum atomic E-state index is 2.73. The SMILES string of the molecule is CCc1cccc(-n2c3ccccc3c3cccc(N(c4cccc5c4CCCC5)c4cc(C(C)C)c5ccc6c(N(c7cccc8c7CCCC8)c7cccc8c9ccccc9n(-c9cccc(CC)c9)c78)cc(C(C)C)c7ccc4c5c76)c32)c1. The fourth-order valence-electron chi connectivity index (χ4n) is 15.8. The van der Waals surface area contributed by atoms with Crippen LogP contribution in [0.5, 0.6) is 0 Å². The Balaban J connectivity index is 1.05. The topological polar surface area (TPSA) is 16.3 Å². The minimum absolute atomic E-state index is 0.242. The molecule has 0 saturated carbocycles. The number of nitrogens with zero attached hydrogens (tertiary/aromatic N) is 4. The molecule has 14 aromatic rings. The van der Waals surface area contributed by atoms with Crippen LogP contribution in [0.25, 0.3) is 87.3 Å². The van der Waals surface area contributed by atoms with Crippen LogP contribution in [0.15, 0.2) is 206 Å². The Kier molecular flexibility index (Phi) is 12.7. The van der Waals surface area contributed by atoms with E-state index in [1.807, 2.05) is 0 Å². The van der Waals surface area contributed by atoms with Crippen LogP contribution in [0.4, 0.5) is 34.1 Å². The summed E-state index contributed by atoms with van der Waals surface area (Å²) in [6.45, 7) is 14.2. The first-order valence-corrected chi connectivity index (χ1v) is 32.1. The van der Waals surface area contributed by atoms with Crippen LogP contribution in [-0.2, 0) is 38.5 Å². The molecule has 4 heteroatoms. The zero-order valence-corrected chi connectivity index (χ0v) is 50.6. The molecule has 0 unspecified atom stereocenters. The molecule has 4 nitrogen and oxygen atoms in total. The van der Waals surface area contributed by atoms with Gasteiger partial charge in [-0.25, -0.2) is 0 Å². The van der Waals surface area contributed by atoms with Gasteiger partial charge in [-0.1, -0.05) is 175 Å². The lowest BCUT2D eigenvalue weighted by molar-refractivity contribution is 0.686. The van der Waals surface area contributed by atoms with Crippen molar-refractivity contribution in [3.63, 3.8) is 0 Å². The summed E-state index contributed by atoms with van der Waals surface area (Å²) < 4.78 is 5.14. The molecular formula is C82H74N4. The molecule has 0 atom stereocenters. The molecule has 86 heavy (non-hydrogen) atoms. The summed E-state index contributed by atoms with van der Waals surface area (Å²) in [7, 11) is 0. The molecule has 0 bridgehead atoms. The highest BCUT2D eigenvalue weighted by molar-refractivity contribution is 6.30. The largest absolute Gasteiger partial charge is 0.307 e. The third-order valence-corrected chi connectivity index (χ3v) is 19.9.